The number of ether oxygens (including phenoxy) is 4. The van der Waals surface area contributed by atoms with E-state index in [4.69, 9.17) is 18.9 Å². The van der Waals surface area contributed by atoms with E-state index in [2.05, 4.69) is 26.5 Å². The van der Waals surface area contributed by atoms with Crippen molar-refractivity contribution < 1.29 is 23.7 Å². The number of carbonyl (C=O) groups excluding carboxylic acids is 1. The first kappa shape index (κ1) is 17.1. The monoisotopic (exact) mass is 406 g/mol. The number of methoxy groups -OCH3 is 1. The Morgan fingerprint density at radius 2 is 2.24 bits per heavy atom. The van der Waals surface area contributed by atoms with Crippen molar-refractivity contribution in [3.05, 3.63) is 46.4 Å². The molecule has 0 aromatic heterocycles. The SMILES string of the molecule is COc1cc(/C=N\NC(=O)COc2cccc(Br)c2)cc2c1OCO2. The lowest BCUT2D eigenvalue weighted by Crippen LogP contribution is -2.24. The summed E-state index contributed by atoms with van der Waals surface area (Å²) in [5.74, 6) is 1.90. The van der Waals surface area contributed by atoms with Crippen molar-refractivity contribution in [2.24, 2.45) is 5.10 Å². The number of nitrogens with zero attached hydrogens (tertiary/aromatic N) is 1. The molecule has 2 aromatic carbocycles. The number of fused-ring (bicyclic) bond motifs is 1. The van der Waals surface area contributed by atoms with Crippen molar-refractivity contribution in [3.63, 3.8) is 0 Å². The average molecular weight is 407 g/mol. The van der Waals surface area contributed by atoms with Crippen LogP contribution in [0.1, 0.15) is 5.56 Å². The van der Waals surface area contributed by atoms with Gasteiger partial charge in [0, 0.05) is 10.0 Å². The van der Waals surface area contributed by atoms with Gasteiger partial charge in [0.05, 0.1) is 13.3 Å². The first-order chi connectivity index (χ1) is 12.2. The lowest BCUT2D eigenvalue weighted by atomic mass is 10.2. The Labute approximate surface area is 152 Å². The Balaban J connectivity index is 1.55. The number of hydrazone groups is 1. The second kappa shape index (κ2) is 7.89. The lowest BCUT2D eigenvalue weighted by molar-refractivity contribution is -0.123. The largest absolute Gasteiger partial charge is 0.493 e. The highest BCUT2D eigenvalue weighted by Gasteiger charge is 2.19. The van der Waals surface area contributed by atoms with Crippen LogP contribution in [0.5, 0.6) is 23.0 Å². The van der Waals surface area contributed by atoms with Gasteiger partial charge in [-0.3, -0.25) is 4.79 Å². The molecule has 0 fully saturated rings. The third-order valence-corrected chi connectivity index (χ3v) is 3.74. The minimum Gasteiger partial charge on any atom is -0.493 e. The van der Waals surface area contributed by atoms with E-state index < -0.39 is 0 Å². The number of hydrogen-bond donors (Lipinski definition) is 1. The Morgan fingerprint density at radius 1 is 1.36 bits per heavy atom. The summed E-state index contributed by atoms with van der Waals surface area (Å²) in [6, 6.07) is 10.7. The summed E-state index contributed by atoms with van der Waals surface area (Å²) in [6.45, 7) is 0.00815. The maximum Gasteiger partial charge on any atom is 0.277 e. The molecule has 1 N–H and O–H groups in total. The summed E-state index contributed by atoms with van der Waals surface area (Å²) in [6.07, 6.45) is 1.49. The maximum atomic E-state index is 11.8. The zero-order valence-corrected chi connectivity index (χ0v) is 14.9. The van der Waals surface area contributed by atoms with E-state index in [-0.39, 0.29) is 19.3 Å². The van der Waals surface area contributed by atoms with Crippen LogP contribution < -0.4 is 24.4 Å². The van der Waals surface area contributed by atoms with Crippen LogP contribution in [0.3, 0.4) is 0 Å². The summed E-state index contributed by atoms with van der Waals surface area (Å²) in [7, 11) is 1.54. The van der Waals surface area contributed by atoms with Crippen molar-refractivity contribution in [1.82, 2.24) is 5.43 Å². The molecule has 0 radical (unpaired) electrons. The van der Waals surface area contributed by atoms with Crippen molar-refractivity contribution in [2.75, 3.05) is 20.5 Å². The predicted octanol–water partition coefficient (Wildman–Crippen LogP) is 2.72. The molecule has 0 saturated heterocycles. The molecule has 3 rings (SSSR count). The van der Waals surface area contributed by atoms with E-state index in [1.807, 2.05) is 12.1 Å². The number of hydrogen-bond acceptors (Lipinski definition) is 6. The fourth-order valence-electron chi connectivity index (χ4n) is 2.14. The Kier molecular flexibility index (Phi) is 5.39. The van der Waals surface area contributed by atoms with Gasteiger partial charge in [-0.2, -0.15) is 5.10 Å². The summed E-state index contributed by atoms with van der Waals surface area (Å²) in [5.41, 5.74) is 3.11. The first-order valence-corrected chi connectivity index (χ1v) is 8.13. The van der Waals surface area contributed by atoms with Gasteiger partial charge in [0.15, 0.2) is 18.1 Å². The number of amides is 1. The van der Waals surface area contributed by atoms with E-state index in [9.17, 15) is 4.79 Å². The number of nitrogens with one attached hydrogen (secondary N) is 1. The summed E-state index contributed by atoms with van der Waals surface area (Å²) in [5, 5.41) is 3.91. The molecule has 7 nitrogen and oxygen atoms in total. The summed E-state index contributed by atoms with van der Waals surface area (Å²) in [4.78, 5) is 11.8. The molecule has 1 aliphatic rings. The lowest BCUT2D eigenvalue weighted by Gasteiger charge is -2.06. The second-order valence-corrected chi connectivity index (χ2v) is 5.91. The van der Waals surface area contributed by atoms with Crippen molar-refractivity contribution in [3.8, 4) is 23.0 Å². The van der Waals surface area contributed by atoms with Crippen molar-refractivity contribution in [1.29, 1.82) is 0 Å². The van der Waals surface area contributed by atoms with E-state index in [0.29, 0.717) is 28.6 Å². The van der Waals surface area contributed by atoms with Crippen LogP contribution in [0, 0.1) is 0 Å². The van der Waals surface area contributed by atoms with Gasteiger partial charge in [0.1, 0.15) is 5.75 Å². The Morgan fingerprint density at radius 3 is 3.04 bits per heavy atom. The number of benzene rings is 2. The summed E-state index contributed by atoms with van der Waals surface area (Å²) < 4.78 is 22.1. The number of rotatable bonds is 6. The van der Waals surface area contributed by atoms with Crippen LogP contribution in [0.15, 0.2) is 46.0 Å². The molecule has 0 bridgehead atoms. The quantitative estimate of drug-likeness (QED) is 0.589. The predicted molar refractivity (Wildman–Crippen MR) is 94.5 cm³/mol. The van der Waals surface area contributed by atoms with E-state index >= 15 is 0 Å². The molecule has 1 heterocycles. The zero-order chi connectivity index (χ0) is 17.6. The van der Waals surface area contributed by atoms with Crippen molar-refractivity contribution >= 4 is 28.1 Å². The average Bonchev–Trinajstić information content (AvgIpc) is 3.08. The topological polar surface area (TPSA) is 78.4 Å². The molecule has 0 atom stereocenters. The smallest absolute Gasteiger partial charge is 0.277 e. The van der Waals surface area contributed by atoms with E-state index in [1.54, 1.807) is 31.4 Å². The van der Waals surface area contributed by atoms with Gasteiger partial charge in [-0.25, -0.2) is 5.43 Å². The van der Waals surface area contributed by atoms with Crippen molar-refractivity contribution in [2.45, 2.75) is 0 Å². The molecule has 1 aliphatic heterocycles. The zero-order valence-electron chi connectivity index (χ0n) is 13.3. The normalized spacial score (nSPS) is 12.2. The van der Waals surface area contributed by atoms with Gasteiger partial charge < -0.3 is 18.9 Å². The maximum absolute atomic E-state index is 11.8. The third kappa shape index (κ3) is 4.42. The van der Waals surface area contributed by atoms with Gasteiger partial charge in [0.25, 0.3) is 5.91 Å². The van der Waals surface area contributed by atoms with Gasteiger partial charge in [-0.05, 0) is 30.3 Å². The molecular formula is C17H15BrN2O5. The minimum atomic E-state index is -0.371. The van der Waals surface area contributed by atoms with Gasteiger partial charge in [-0.15, -0.1) is 0 Å². The van der Waals surface area contributed by atoms with Crippen LogP contribution in [-0.4, -0.2) is 32.6 Å². The van der Waals surface area contributed by atoms with Crippen LogP contribution in [0.25, 0.3) is 0 Å². The van der Waals surface area contributed by atoms with Crippen LogP contribution in [0.4, 0.5) is 0 Å². The molecule has 0 aliphatic carbocycles. The standard InChI is InChI=1S/C17H15BrN2O5/c1-22-14-5-11(6-15-17(14)25-10-24-15)8-19-20-16(21)9-23-13-4-2-3-12(18)7-13/h2-8H,9-10H2,1H3,(H,20,21)/b19-8-. The molecular weight excluding hydrogens is 392 g/mol. The molecule has 25 heavy (non-hydrogen) atoms. The highest BCUT2D eigenvalue weighted by Crippen LogP contribution is 2.41. The molecule has 1 amide bonds. The molecule has 0 unspecified atom stereocenters. The Hall–Kier alpha value is -2.74. The molecule has 130 valence electrons. The number of halogens is 1. The highest BCUT2D eigenvalue weighted by molar-refractivity contribution is 9.10. The van der Waals surface area contributed by atoms with E-state index in [0.717, 1.165) is 4.47 Å². The molecule has 0 saturated carbocycles. The van der Waals surface area contributed by atoms with Gasteiger partial charge in [0.2, 0.25) is 12.5 Å². The third-order valence-electron chi connectivity index (χ3n) is 3.25. The Bertz CT molecular complexity index is 810. The minimum absolute atomic E-state index is 0.141. The summed E-state index contributed by atoms with van der Waals surface area (Å²) >= 11 is 3.34. The fraction of sp³-hybridized carbons (Fsp3) is 0.176. The van der Waals surface area contributed by atoms with Gasteiger partial charge in [-0.1, -0.05) is 22.0 Å². The van der Waals surface area contributed by atoms with Crippen LogP contribution in [-0.2, 0) is 4.79 Å². The molecule has 0 spiro atoms. The van der Waals surface area contributed by atoms with E-state index in [1.165, 1.54) is 6.21 Å². The fourth-order valence-corrected chi connectivity index (χ4v) is 2.52. The van der Waals surface area contributed by atoms with Gasteiger partial charge >= 0.3 is 0 Å². The second-order valence-electron chi connectivity index (χ2n) is 5.00. The van der Waals surface area contributed by atoms with Crippen LogP contribution in [0.2, 0.25) is 0 Å². The highest BCUT2D eigenvalue weighted by atomic mass is 79.9. The molecule has 8 heteroatoms. The molecule has 2 aromatic rings. The first-order valence-electron chi connectivity index (χ1n) is 7.33. The number of carbonyl (C=O) groups is 1. The van der Waals surface area contributed by atoms with Crippen LogP contribution >= 0.6 is 15.9 Å².